The lowest BCUT2D eigenvalue weighted by Gasteiger charge is -2.52. The topological polar surface area (TPSA) is 132 Å². The molecule has 4 aromatic carbocycles. The van der Waals surface area contributed by atoms with Gasteiger partial charge in [-0.25, -0.2) is 0 Å². The molecular formula is C45H51NO11. The Morgan fingerprint density at radius 3 is 1.79 bits per heavy atom. The molecule has 4 aromatic rings. The normalized spacial score (nSPS) is 29.9. The Labute approximate surface area is 333 Å². The smallest absolute Gasteiger partial charge is 0.217 e. The third-order valence-electron chi connectivity index (χ3n) is 10.1. The third-order valence-corrected chi connectivity index (χ3v) is 10.1. The maximum absolute atomic E-state index is 12.9. The zero-order valence-electron chi connectivity index (χ0n) is 32.0. The van der Waals surface area contributed by atoms with Gasteiger partial charge in [-0.05, 0) is 16.7 Å². The van der Waals surface area contributed by atoms with Crippen LogP contribution < -0.4 is 5.32 Å². The number of aliphatic hydroxyl groups excluding tert-OH is 1. The van der Waals surface area contributed by atoms with E-state index in [9.17, 15) is 9.90 Å². The van der Waals surface area contributed by atoms with Crippen molar-refractivity contribution in [3.05, 3.63) is 156 Å². The highest BCUT2D eigenvalue weighted by molar-refractivity contribution is 5.73. The van der Waals surface area contributed by atoms with E-state index in [2.05, 4.69) is 11.9 Å². The molecule has 3 saturated heterocycles. The molecule has 3 aliphatic rings. The van der Waals surface area contributed by atoms with Crippen LogP contribution in [0.3, 0.4) is 0 Å². The van der Waals surface area contributed by atoms with Gasteiger partial charge in [-0.3, -0.25) is 4.79 Å². The first-order valence-corrected chi connectivity index (χ1v) is 19.4. The van der Waals surface area contributed by atoms with Crippen LogP contribution in [-0.2, 0) is 67.2 Å². The number of rotatable bonds is 17. The summed E-state index contributed by atoms with van der Waals surface area (Å²) < 4.78 is 59.2. The van der Waals surface area contributed by atoms with Crippen molar-refractivity contribution in [2.45, 2.75) is 94.4 Å². The summed E-state index contributed by atoms with van der Waals surface area (Å²) in [4.78, 5) is 12.9. The first-order valence-electron chi connectivity index (χ1n) is 19.4. The van der Waals surface area contributed by atoms with Gasteiger partial charge in [0.2, 0.25) is 5.91 Å². The summed E-state index contributed by atoms with van der Waals surface area (Å²) in [5.41, 5.74) is 3.61. The van der Waals surface area contributed by atoms with Crippen LogP contribution in [0.1, 0.15) is 35.5 Å². The van der Waals surface area contributed by atoms with Gasteiger partial charge in [0.15, 0.2) is 18.9 Å². The predicted molar refractivity (Wildman–Crippen MR) is 208 cm³/mol. The van der Waals surface area contributed by atoms with Crippen LogP contribution in [0, 0.1) is 0 Å². The fourth-order valence-corrected chi connectivity index (χ4v) is 7.36. The quantitative estimate of drug-likeness (QED) is 0.134. The van der Waals surface area contributed by atoms with E-state index in [1.165, 1.54) is 6.92 Å². The standard InChI is InChI=1S/C45H51NO11/c1-3-24-49-44-37(46-30(2)48)40(39-36(55-44)29-53-43(56-39)34-22-14-7-15-23-34)57-45-42(52-28-33-20-12-6-13-21-33)41(51-27-32-18-10-5-11-19-32)38(35(25-47)54-45)50-26-31-16-8-4-9-17-31/h3-23,35-45,47H,1,24-29H2,2H3,(H,46,48)/t35-,36-,37-,38+,39-,40-,41+,42-,43?,44+,45-/m1/s1. The van der Waals surface area contributed by atoms with Gasteiger partial charge < -0.3 is 53.1 Å². The van der Waals surface area contributed by atoms with Crippen molar-refractivity contribution in [2.24, 2.45) is 0 Å². The summed E-state index contributed by atoms with van der Waals surface area (Å²) in [6.07, 6.45) is -7.01. The number of carbonyl (C=O) groups is 1. The molecule has 0 aliphatic carbocycles. The van der Waals surface area contributed by atoms with Gasteiger partial charge in [0.25, 0.3) is 0 Å². The van der Waals surface area contributed by atoms with Gasteiger partial charge in [0, 0.05) is 12.5 Å². The number of fused-ring (bicyclic) bond motifs is 1. The lowest BCUT2D eigenvalue weighted by atomic mass is 9.94. The summed E-state index contributed by atoms with van der Waals surface area (Å²) in [6.45, 7) is 5.75. The van der Waals surface area contributed by atoms with Crippen LogP contribution >= 0.6 is 0 Å². The molecule has 0 saturated carbocycles. The van der Waals surface area contributed by atoms with Gasteiger partial charge in [-0.1, -0.05) is 127 Å². The second-order valence-corrected chi connectivity index (χ2v) is 14.2. The molecule has 57 heavy (non-hydrogen) atoms. The molecule has 1 amide bonds. The van der Waals surface area contributed by atoms with Gasteiger partial charge in [0.05, 0.1) is 39.6 Å². The van der Waals surface area contributed by atoms with Crippen LogP contribution in [0.2, 0.25) is 0 Å². The summed E-state index contributed by atoms with van der Waals surface area (Å²) >= 11 is 0. The van der Waals surface area contributed by atoms with Crippen molar-refractivity contribution in [1.29, 1.82) is 0 Å². The molecule has 12 nitrogen and oxygen atoms in total. The minimum atomic E-state index is -1.16. The van der Waals surface area contributed by atoms with E-state index in [0.29, 0.717) is 0 Å². The summed E-state index contributed by atoms with van der Waals surface area (Å²) in [5.74, 6) is -0.331. The van der Waals surface area contributed by atoms with Gasteiger partial charge in [-0.15, -0.1) is 6.58 Å². The molecule has 0 bridgehead atoms. The van der Waals surface area contributed by atoms with Crippen molar-refractivity contribution < 1.29 is 52.5 Å². The molecule has 0 radical (unpaired) electrons. The Kier molecular flexibility index (Phi) is 14.6. The van der Waals surface area contributed by atoms with Gasteiger partial charge >= 0.3 is 0 Å². The number of carbonyl (C=O) groups excluding carboxylic acids is 1. The van der Waals surface area contributed by atoms with Crippen LogP contribution in [0.25, 0.3) is 0 Å². The second-order valence-electron chi connectivity index (χ2n) is 14.2. The number of nitrogens with one attached hydrogen (secondary N) is 1. The summed E-state index contributed by atoms with van der Waals surface area (Å²) in [6, 6.07) is 38.0. The molecule has 7 rings (SSSR count). The second kappa shape index (κ2) is 20.4. The number of aliphatic hydroxyl groups is 1. The first kappa shape index (κ1) is 40.9. The Hall–Kier alpha value is -4.31. The zero-order valence-corrected chi connectivity index (χ0v) is 32.0. The minimum Gasteiger partial charge on any atom is -0.394 e. The van der Waals surface area contributed by atoms with E-state index in [1.807, 2.05) is 121 Å². The van der Waals surface area contributed by atoms with E-state index in [4.69, 9.17) is 42.6 Å². The van der Waals surface area contributed by atoms with Gasteiger partial charge in [0.1, 0.15) is 48.8 Å². The van der Waals surface area contributed by atoms with Crippen LogP contribution in [0.15, 0.2) is 134 Å². The van der Waals surface area contributed by atoms with Crippen LogP contribution in [-0.4, -0.2) is 92.2 Å². The minimum absolute atomic E-state index is 0.143. The molecular weight excluding hydrogens is 730 g/mol. The lowest BCUT2D eigenvalue weighted by Crippen LogP contribution is -2.69. The molecule has 12 heteroatoms. The number of hydrogen-bond acceptors (Lipinski definition) is 11. The van der Waals surface area contributed by atoms with Crippen LogP contribution in [0.5, 0.6) is 0 Å². The lowest BCUT2D eigenvalue weighted by molar-refractivity contribution is -0.383. The molecule has 3 fully saturated rings. The fourth-order valence-electron chi connectivity index (χ4n) is 7.36. The van der Waals surface area contributed by atoms with Gasteiger partial charge in [-0.2, -0.15) is 0 Å². The van der Waals surface area contributed by atoms with Crippen molar-refractivity contribution >= 4 is 5.91 Å². The summed E-state index contributed by atoms with van der Waals surface area (Å²) in [5, 5.41) is 13.9. The van der Waals surface area contributed by atoms with E-state index >= 15 is 0 Å². The summed E-state index contributed by atoms with van der Waals surface area (Å²) in [7, 11) is 0. The van der Waals surface area contributed by atoms with Crippen molar-refractivity contribution in [2.75, 3.05) is 19.8 Å². The molecule has 0 spiro atoms. The first-order chi connectivity index (χ1) is 28.0. The highest BCUT2D eigenvalue weighted by Crippen LogP contribution is 2.39. The Bertz CT molecular complexity index is 1800. The maximum atomic E-state index is 12.9. The Morgan fingerprint density at radius 1 is 0.702 bits per heavy atom. The zero-order chi connectivity index (χ0) is 39.4. The molecule has 3 aliphatic heterocycles. The third kappa shape index (κ3) is 10.6. The van der Waals surface area contributed by atoms with E-state index < -0.39 is 74.2 Å². The van der Waals surface area contributed by atoms with Crippen molar-refractivity contribution in [1.82, 2.24) is 5.32 Å². The monoisotopic (exact) mass is 781 g/mol. The van der Waals surface area contributed by atoms with Crippen molar-refractivity contribution in [3.8, 4) is 0 Å². The molecule has 0 aromatic heterocycles. The van der Waals surface area contributed by atoms with Crippen LogP contribution in [0.4, 0.5) is 0 Å². The Balaban J connectivity index is 1.26. The highest BCUT2D eigenvalue weighted by atomic mass is 16.8. The van der Waals surface area contributed by atoms with E-state index in [1.54, 1.807) is 6.08 Å². The average molecular weight is 782 g/mol. The molecule has 302 valence electrons. The number of amides is 1. The SMILES string of the molecule is C=CCO[C@H]1O[C@@H]2COC(c3ccccc3)O[C@H]2[C@H](O[C@H]2O[C@H](CO)[C@H](OCc3ccccc3)[C@H](OCc3ccccc3)[C@H]2OCc2ccccc2)[C@H]1NC(C)=O. The Morgan fingerprint density at radius 2 is 1.25 bits per heavy atom. The number of benzene rings is 4. The molecule has 1 unspecified atom stereocenters. The van der Waals surface area contributed by atoms with Crippen molar-refractivity contribution in [3.63, 3.8) is 0 Å². The number of hydrogen-bond donors (Lipinski definition) is 2. The van der Waals surface area contributed by atoms with E-state index in [0.717, 1.165) is 22.3 Å². The average Bonchev–Trinajstić information content (AvgIpc) is 3.25. The maximum Gasteiger partial charge on any atom is 0.217 e. The highest BCUT2D eigenvalue weighted by Gasteiger charge is 2.56. The molecule has 2 N–H and O–H groups in total. The predicted octanol–water partition coefficient (Wildman–Crippen LogP) is 5.39. The molecule has 3 heterocycles. The number of ether oxygens (including phenoxy) is 9. The largest absolute Gasteiger partial charge is 0.394 e. The fraction of sp³-hybridized carbons (Fsp3) is 0.400. The molecule has 11 atom stereocenters. The van der Waals surface area contributed by atoms with E-state index in [-0.39, 0.29) is 38.9 Å².